The summed E-state index contributed by atoms with van der Waals surface area (Å²) in [5.74, 6) is 2.93. The maximum absolute atomic E-state index is 14.3. The van der Waals surface area contributed by atoms with Crippen molar-refractivity contribution in [3.05, 3.63) is 30.1 Å². The fourth-order valence-corrected chi connectivity index (χ4v) is 6.12. The van der Waals surface area contributed by atoms with E-state index in [1.165, 1.54) is 43.5 Å². The van der Waals surface area contributed by atoms with Gasteiger partial charge in [-0.05, 0) is 68.9 Å². The SMILES string of the molecule is CC(NC(=O)CSc1nnc(-c2ccccc2F)n1C1CC1)C1CC2CCC1C2. The van der Waals surface area contributed by atoms with Crippen molar-refractivity contribution in [2.45, 2.75) is 62.7 Å². The fourth-order valence-electron chi connectivity index (χ4n) is 5.30. The number of amides is 1. The lowest BCUT2D eigenvalue weighted by Gasteiger charge is -2.28. The number of rotatable bonds is 7. The second-order valence-electron chi connectivity index (χ2n) is 8.87. The Morgan fingerprint density at radius 2 is 2.07 bits per heavy atom. The lowest BCUT2D eigenvalue weighted by Crippen LogP contribution is -2.40. The molecule has 0 saturated heterocycles. The Bertz CT molecular complexity index is 912. The molecule has 0 radical (unpaired) electrons. The van der Waals surface area contributed by atoms with E-state index in [1.54, 1.807) is 12.1 Å². The highest BCUT2D eigenvalue weighted by Crippen LogP contribution is 2.49. The molecule has 1 aromatic carbocycles. The normalized spacial score (nSPS) is 26.6. The van der Waals surface area contributed by atoms with Gasteiger partial charge in [-0.1, -0.05) is 30.3 Å². The van der Waals surface area contributed by atoms with Gasteiger partial charge in [0.25, 0.3) is 0 Å². The minimum Gasteiger partial charge on any atom is -0.353 e. The molecule has 1 aromatic heterocycles. The minimum absolute atomic E-state index is 0.0445. The highest BCUT2D eigenvalue weighted by molar-refractivity contribution is 7.99. The first-order valence-electron chi connectivity index (χ1n) is 10.7. The molecule has 0 aliphatic heterocycles. The summed E-state index contributed by atoms with van der Waals surface area (Å²) >= 11 is 1.40. The topological polar surface area (TPSA) is 59.8 Å². The predicted octanol–water partition coefficient (Wildman–Crippen LogP) is 4.45. The number of carbonyl (C=O) groups is 1. The Balaban J connectivity index is 1.24. The average Bonchev–Trinajstić information content (AvgIpc) is 3.13. The molecule has 3 aliphatic rings. The molecule has 4 unspecified atom stereocenters. The molecule has 2 aromatic rings. The van der Waals surface area contributed by atoms with Crippen LogP contribution in [-0.2, 0) is 4.79 Å². The zero-order valence-electron chi connectivity index (χ0n) is 16.7. The number of nitrogens with zero attached hydrogens (tertiary/aromatic N) is 3. The largest absolute Gasteiger partial charge is 0.353 e. The summed E-state index contributed by atoms with van der Waals surface area (Å²) in [4.78, 5) is 12.6. The van der Waals surface area contributed by atoms with Crippen LogP contribution in [0.4, 0.5) is 4.39 Å². The van der Waals surface area contributed by atoms with Crippen LogP contribution in [0.15, 0.2) is 29.4 Å². The first-order valence-corrected chi connectivity index (χ1v) is 11.7. The van der Waals surface area contributed by atoms with Gasteiger partial charge in [-0.3, -0.25) is 9.36 Å². The Kier molecular flexibility index (Phi) is 5.10. The van der Waals surface area contributed by atoms with Crippen LogP contribution in [0.5, 0.6) is 0 Å². The molecule has 29 heavy (non-hydrogen) atoms. The Morgan fingerprint density at radius 3 is 2.76 bits per heavy atom. The molecule has 3 aliphatic carbocycles. The van der Waals surface area contributed by atoms with E-state index in [-0.39, 0.29) is 17.8 Å². The number of thioether (sulfide) groups is 1. The maximum atomic E-state index is 14.3. The number of halogens is 1. The van der Waals surface area contributed by atoms with E-state index < -0.39 is 0 Å². The van der Waals surface area contributed by atoms with Gasteiger partial charge in [0.1, 0.15) is 5.82 Å². The number of aromatic nitrogens is 3. The van der Waals surface area contributed by atoms with Crippen LogP contribution in [0, 0.1) is 23.6 Å². The highest BCUT2D eigenvalue weighted by atomic mass is 32.2. The number of nitrogens with one attached hydrogen (secondary N) is 1. The second-order valence-corrected chi connectivity index (χ2v) is 9.81. The van der Waals surface area contributed by atoms with Crippen molar-refractivity contribution >= 4 is 17.7 Å². The Hall–Kier alpha value is -1.89. The van der Waals surface area contributed by atoms with E-state index in [0.29, 0.717) is 34.3 Å². The second kappa shape index (κ2) is 7.74. The highest BCUT2D eigenvalue weighted by Gasteiger charge is 2.42. The predicted molar refractivity (Wildman–Crippen MR) is 111 cm³/mol. The van der Waals surface area contributed by atoms with Crippen molar-refractivity contribution in [1.82, 2.24) is 20.1 Å². The van der Waals surface area contributed by atoms with Gasteiger partial charge in [-0.25, -0.2) is 4.39 Å². The van der Waals surface area contributed by atoms with Crippen LogP contribution >= 0.6 is 11.8 Å². The fraction of sp³-hybridized carbons (Fsp3) is 0.591. The van der Waals surface area contributed by atoms with E-state index in [0.717, 1.165) is 24.7 Å². The van der Waals surface area contributed by atoms with E-state index in [9.17, 15) is 9.18 Å². The number of hydrogen-bond donors (Lipinski definition) is 1. The molecule has 1 amide bonds. The molecular formula is C22H27FN4OS. The van der Waals surface area contributed by atoms with Crippen molar-refractivity contribution in [3.63, 3.8) is 0 Å². The van der Waals surface area contributed by atoms with Gasteiger partial charge in [0, 0.05) is 12.1 Å². The Labute approximate surface area is 174 Å². The summed E-state index contributed by atoms with van der Waals surface area (Å²) in [5, 5.41) is 12.5. The third-order valence-electron chi connectivity index (χ3n) is 6.85. The van der Waals surface area contributed by atoms with Gasteiger partial charge in [-0.2, -0.15) is 0 Å². The Morgan fingerprint density at radius 1 is 1.24 bits per heavy atom. The summed E-state index contributed by atoms with van der Waals surface area (Å²) in [6, 6.07) is 7.19. The van der Waals surface area contributed by atoms with Crippen molar-refractivity contribution in [3.8, 4) is 11.4 Å². The smallest absolute Gasteiger partial charge is 0.230 e. The third-order valence-corrected chi connectivity index (χ3v) is 7.79. The zero-order valence-corrected chi connectivity index (χ0v) is 17.5. The third kappa shape index (κ3) is 3.81. The molecule has 2 bridgehead atoms. The molecule has 5 nitrogen and oxygen atoms in total. The van der Waals surface area contributed by atoms with Gasteiger partial charge in [-0.15, -0.1) is 10.2 Å². The number of hydrogen-bond acceptors (Lipinski definition) is 4. The molecular weight excluding hydrogens is 387 g/mol. The average molecular weight is 415 g/mol. The maximum Gasteiger partial charge on any atom is 0.230 e. The lowest BCUT2D eigenvalue weighted by atomic mass is 9.84. The van der Waals surface area contributed by atoms with Crippen molar-refractivity contribution in [2.24, 2.45) is 17.8 Å². The van der Waals surface area contributed by atoms with Crippen LogP contribution in [-0.4, -0.2) is 32.5 Å². The molecule has 3 saturated carbocycles. The van der Waals surface area contributed by atoms with Gasteiger partial charge in [0.15, 0.2) is 11.0 Å². The first-order chi connectivity index (χ1) is 14.1. The standard InChI is InChI=1S/C22H27FN4OS/c1-13(18-11-14-6-7-15(18)10-14)24-20(28)12-29-22-26-25-21(27(22)16-8-9-16)17-4-2-3-5-19(17)23/h2-5,13-16,18H,6-12H2,1H3,(H,24,28). The molecule has 3 fully saturated rings. The molecule has 0 spiro atoms. The molecule has 5 rings (SSSR count). The first kappa shape index (κ1) is 19.1. The van der Waals surface area contributed by atoms with Crippen molar-refractivity contribution in [1.29, 1.82) is 0 Å². The summed E-state index contributed by atoms with van der Waals surface area (Å²) in [7, 11) is 0. The molecule has 1 heterocycles. The van der Waals surface area contributed by atoms with Gasteiger partial charge in [0.2, 0.25) is 5.91 Å². The monoisotopic (exact) mass is 414 g/mol. The number of benzene rings is 1. The summed E-state index contributed by atoms with van der Waals surface area (Å²) in [6.07, 6.45) is 7.40. The van der Waals surface area contributed by atoms with Crippen LogP contribution in [0.25, 0.3) is 11.4 Å². The van der Waals surface area contributed by atoms with Gasteiger partial charge < -0.3 is 5.32 Å². The number of carbonyl (C=O) groups excluding carboxylic acids is 1. The van der Waals surface area contributed by atoms with Crippen LogP contribution in [0.2, 0.25) is 0 Å². The van der Waals surface area contributed by atoms with Crippen LogP contribution in [0.1, 0.15) is 51.5 Å². The van der Waals surface area contributed by atoms with E-state index in [1.807, 2.05) is 10.6 Å². The minimum atomic E-state index is -0.296. The lowest BCUT2D eigenvalue weighted by molar-refractivity contribution is -0.119. The van der Waals surface area contributed by atoms with E-state index >= 15 is 0 Å². The molecule has 7 heteroatoms. The molecule has 154 valence electrons. The van der Waals surface area contributed by atoms with E-state index in [4.69, 9.17) is 0 Å². The molecule has 4 atom stereocenters. The van der Waals surface area contributed by atoms with Gasteiger partial charge in [0.05, 0.1) is 11.3 Å². The van der Waals surface area contributed by atoms with Crippen LogP contribution < -0.4 is 5.32 Å². The summed E-state index contributed by atoms with van der Waals surface area (Å²) < 4.78 is 16.3. The zero-order chi connectivity index (χ0) is 20.0. The van der Waals surface area contributed by atoms with Gasteiger partial charge >= 0.3 is 0 Å². The van der Waals surface area contributed by atoms with Crippen molar-refractivity contribution < 1.29 is 9.18 Å². The molecule has 1 N–H and O–H groups in total. The summed E-state index contributed by atoms with van der Waals surface area (Å²) in [5.41, 5.74) is 0.466. The van der Waals surface area contributed by atoms with Crippen molar-refractivity contribution in [2.75, 3.05) is 5.75 Å². The number of fused-ring (bicyclic) bond motifs is 2. The quantitative estimate of drug-likeness (QED) is 0.680. The van der Waals surface area contributed by atoms with Crippen LogP contribution in [0.3, 0.4) is 0 Å². The summed E-state index contributed by atoms with van der Waals surface area (Å²) in [6.45, 7) is 2.15. The van der Waals surface area contributed by atoms with E-state index in [2.05, 4.69) is 22.4 Å².